The number of esters is 1. The van der Waals surface area contributed by atoms with Gasteiger partial charge >= 0.3 is 5.97 Å². The Labute approximate surface area is 94.4 Å². The molecule has 0 unspecified atom stereocenters. The summed E-state index contributed by atoms with van der Waals surface area (Å²) in [6, 6.07) is 3.91. The molecule has 0 saturated carbocycles. The molecule has 0 spiro atoms. The highest BCUT2D eigenvalue weighted by Gasteiger charge is 2.16. The lowest BCUT2D eigenvalue weighted by Crippen LogP contribution is -2.10. The third-order valence-corrected chi connectivity index (χ3v) is 2.80. The minimum absolute atomic E-state index is 0.273. The van der Waals surface area contributed by atoms with E-state index in [1.807, 2.05) is 34.5 Å². The van der Waals surface area contributed by atoms with Gasteiger partial charge in [0.25, 0.3) is 0 Å². The molecule has 2 aromatic heterocycles. The van der Waals surface area contributed by atoms with Gasteiger partial charge in [-0.3, -0.25) is 0 Å². The van der Waals surface area contributed by atoms with Crippen LogP contribution in [0.25, 0.3) is 11.0 Å². The molecule has 0 aromatic carbocycles. The summed E-state index contributed by atoms with van der Waals surface area (Å²) in [5.74, 6) is -0.273. The maximum absolute atomic E-state index is 11.6. The van der Waals surface area contributed by atoms with E-state index in [4.69, 9.17) is 4.74 Å². The molecule has 0 aliphatic heterocycles. The predicted octanol–water partition coefficient (Wildman–Crippen LogP) is 2.18. The Morgan fingerprint density at radius 1 is 1.44 bits per heavy atom. The fraction of sp³-hybridized carbons (Fsp3) is 0.417. The van der Waals surface area contributed by atoms with E-state index < -0.39 is 0 Å². The third-order valence-electron chi connectivity index (χ3n) is 2.80. The predicted molar refractivity (Wildman–Crippen MR) is 62.5 cm³/mol. The molecule has 4 nitrogen and oxygen atoms in total. The van der Waals surface area contributed by atoms with Gasteiger partial charge in [0.2, 0.25) is 0 Å². The van der Waals surface area contributed by atoms with Crippen molar-refractivity contribution in [3.8, 4) is 0 Å². The Morgan fingerprint density at radius 2 is 2.19 bits per heavy atom. The number of hydrogen-bond donors (Lipinski definition) is 0. The van der Waals surface area contributed by atoms with Crippen LogP contribution in [0, 0.1) is 0 Å². The summed E-state index contributed by atoms with van der Waals surface area (Å²) in [5.41, 5.74) is 2.78. The highest BCUT2D eigenvalue weighted by Crippen LogP contribution is 2.21. The number of carbonyl (C=O) groups is 1. The van der Waals surface area contributed by atoms with Crippen LogP contribution in [0.15, 0.2) is 18.3 Å². The highest BCUT2D eigenvalue weighted by molar-refractivity contribution is 5.94. The number of nitrogens with zero attached hydrogens (tertiary/aromatic N) is 2. The standard InChI is InChI=1S/C12H16N2O2/c1-4-6-14-9-5-7-13(2)10(9)8-11(14)12(15)16-3/h5,7-8H,4,6H2,1-3H3. The van der Waals surface area contributed by atoms with E-state index in [1.165, 1.54) is 7.11 Å². The van der Waals surface area contributed by atoms with Crippen LogP contribution in [0.3, 0.4) is 0 Å². The molecule has 0 saturated heterocycles. The quantitative estimate of drug-likeness (QED) is 0.743. The molecule has 0 radical (unpaired) electrons. The van der Waals surface area contributed by atoms with Gasteiger partial charge in [-0.25, -0.2) is 4.79 Å². The van der Waals surface area contributed by atoms with Crippen LogP contribution < -0.4 is 0 Å². The van der Waals surface area contributed by atoms with Crippen LogP contribution in [0.2, 0.25) is 0 Å². The van der Waals surface area contributed by atoms with Gasteiger partial charge in [-0.1, -0.05) is 6.92 Å². The molecule has 16 heavy (non-hydrogen) atoms. The van der Waals surface area contributed by atoms with E-state index in [2.05, 4.69) is 6.92 Å². The Morgan fingerprint density at radius 3 is 2.81 bits per heavy atom. The monoisotopic (exact) mass is 220 g/mol. The van der Waals surface area contributed by atoms with Gasteiger partial charge in [0.15, 0.2) is 0 Å². The highest BCUT2D eigenvalue weighted by atomic mass is 16.5. The molecule has 0 fully saturated rings. The number of ether oxygens (including phenoxy) is 1. The summed E-state index contributed by atoms with van der Waals surface area (Å²) < 4.78 is 8.82. The van der Waals surface area contributed by atoms with Crippen molar-refractivity contribution >= 4 is 17.0 Å². The fourth-order valence-electron chi connectivity index (χ4n) is 2.01. The number of aryl methyl sites for hydroxylation is 2. The number of carbonyl (C=O) groups excluding carboxylic acids is 1. The summed E-state index contributed by atoms with van der Waals surface area (Å²) in [6.07, 6.45) is 2.99. The van der Waals surface area contributed by atoms with E-state index in [-0.39, 0.29) is 5.97 Å². The van der Waals surface area contributed by atoms with Crippen molar-refractivity contribution in [1.82, 2.24) is 9.13 Å². The molecule has 0 amide bonds. The van der Waals surface area contributed by atoms with E-state index in [9.17, 15) is 4.79 Å². The van der Waals surface area contributed by atoms with Gasteiger partial charge in [-0.2, -0.15) is 0 Å². The summed E-state index contributed by atoms with van der Waals surface area (Å²) in [6.45, 7) is 2.92. The molecular weight excluding hydrogens is 204 g/mol. The van der Waals surface area contributed by atoms with Gasteiger partial charge in [0.1, 0.15) is 5.69 Å². The van der Waals surface area contributed by atoms with Crippen LogP contribution in [0.4, 0.5) is 0 Å². The van der Waals surface area contributed by atoms with Crippen molar-refractivity contribution in [3.05, 3.63) is 24.0 Å². The minimum Gasteiger partial charge on any atom is -0.464 e. The van der Waals surface area contributed by atoms with Crippen molar-refractivity contribution in [1.29, 1.82) is 0 Å². The van der Waals surface area contributed by atoms with Crippen molar-refractivity contribution in [2.75, 3.05) is 7.11 Å². The molecule has 2 rings (SSSR count). The summed E-state index contributed by atoms with van der Waals surface area (Å²) in [5, 5.41) is 0. The topological polar surface area (TPSA) is 36.2 Å². The summed E-state index contributed by atoms with van der Waals surface area (Å²) in [7, 11) is 3.38. The minimum atomic E-state index is -0.273. The molecule has 0 atom stereocenters. The van der Waals surface area contributed by atoms with Crippen molar-refractivity contribution in [3.63, 3.8) is 0 Å². The lowest BCUT2D eigenvalue weighted by atomic mass is 10.4. The maximum atomic E-state index is 11.6. The second-order valence-corrected chi connectivity index (χ2v) is 3.87. The Hall–Kier alpha value is -1.71. The van der Waals surface area contributed by atoms with Crippen molar-refractivity contribution < 1.29 is 9.53 Å². The Balaban J connectivity index is 2.62. The number of aromatic nitrogens is 2. The SMILES string of the molecule is CCCn1c(C(=O)OC)cc2c1ccn2C. The first-order valence-corrected chi connectivity index (χ1v) is 5.42. The van der Waals surface area contributed by atoms with Crippen molar-refractivity contribution in [2.45, 2.75) is 19.9 Å². The number of hydrogen-bond acceptors (Lipinski definition) is 2. The number of methoxy groups -OCH3 is 1. The van der Waals surface area contributed by atoms with Gasteiger partial charge < -0.3 is 13.9 Å². The van der Waals surface area contributed by atoms with Crippen LogP contribution in [-0.2, 0) is 18.3 Å². The van der Waals surface area contributed by atoms with E-state index in [0.717, 1.165) is 24.0 Å². The Bertz CT molecular complexity index is 522. The van der Waals surface area contributed by atoms with Gasteiger partial charge in [0, 0.05) is 19.8 Å². The first kappa shape index (κ1) is 10.8. The average Bonchev–Trinajstić information content (AvgIpc) is 2.81. The normalized spacial score (nSPS) is 10.9. The van der Waals surface area contributed by atoms with Gasteiger partial charge in [-0.15, -0.1) is 0 Å². The number of rotatable bonds is 3. The van der Waals surface area contributed by atoms with Gasteiger partial charge in [-0.05, 0) is 18.6 Å². The lowest BCUT2D eigenvalue weighted by Gasteiger charge is -2.06. The molecule has 2 aromatic rings. The van der Waals surface area contributed by atoms with E-state index >= 15 is 0 Å². The summed E-state index contributed by atoms with van der Waals surface area (Å²) in [4.78, 5) is 11.6. The third kappa shape index (κ3) is 1.50. The molecule has 86 valence electrons. The molecular formula is C12H16N2O2. The molecule has 0 aliphatic carbocycles. The van der Waals surface area contributed by atoms with Crippen LogP contribution in [0.1, 0.15) is 23.8 Å². The molecule has 0 bridgehead atoms. The summed E-state index contributed by atoms with van der Waals surface area (Å²) >= 11 is 0. The second-order valence-electron chi connectivity index (χ2n) is 3.87. The first-order chi connectivity index (χ1) is 7.69. The zero-order valence-electron chi connectivity index (χ0n) is 9.86. The van der Waals surface area contributed by atoms with E-state index in [0.29, 0.717) is 5.69 Å². The smallest absolute Gasteiger partial charge is 0.354 e. The molecule has 2 heterocycles. The largest absolute Gasteiger partial charge is 0.464 e. The zero-order chi connectivity index (χ0) is 11.7. The van der Waals surface area contributed by atoms with Crippen molar-refractivity contribution in [2.24, 2.45) is 7.05 Å². The fourth-order valence-corrected chi connectivity index (χ4v) is 2.01. The zero-order valence-corrected chi connectivity index (χ0v) is 9.86. The maximum Gasteiger partial charge on any atom is 0.354 e. The molecule has 0 N–H and O–H groups in total. The average molecular weight is 220 g/mol. The Kier molecular flexibility index (Phi) is 2.73. The van der Waals surface area contributed by atoms with Crippen LogP contribution in [-0.4, -0.2) is 22.2 Å². The molecule has 4 heteroatoms. The lowest BCUT2D eigenvalue weighted by molar-refractivity contribution is 0.0589. The van der Waals surface area contributed by atoms with Crippen LogP contribution >= 0.6 is 0 Å². The van der Waals surface area contributed by atoms with Crippen LogP contribution in [0.5, 0.6) is 0 Å². The second kappa shape index (κ2) is 4.04. The number of fused-ring (bicyclic) bond motifs is 1. The first-order valence-electron chi connectivity index (χ1n) is 5.42. The van der Waals surface area contributed by atoms with E-state index in [1.54, 1.807) is 0 Å². The van der Waals surface area contributed by atoms with Gasteiger partial charge in [0.05, 0.1) is 18.1 Å². The molecule has 0 aliphatic rings.